The summed E-state index contributed by atoms with van der Waals surface area (Å²) >= 11 is 0. The van der Waals surface area contributed by atoms with Gasteiger partial charge >= 0.3 is 0 Å². The van der Waals surface area contributed by atoms with Gasteiger partial charge in [0.1, 0.15) is 0 Å². The lowest BCUT2D eigenvalue weighted by atomic mass is 9.82. The molecule has 0 saturated carbocycles. The second kappa shape index (κ2) is 15.4. The number of benzene rings is 10. The summed E-state index contributed by atoms with van der Waals surface area (Å²) in [6.45, 7) is 4.70. The molecule has 11 rings (SSSR count). The Morgan fingerprint density at radius 2 is 0.823 bits per heavy atom. The maximum atomic E-state index is 2.51. The molecule has 0 atom stereocenters. The Bertz CT molecular complexity index is 3260. The van der Waals surface area contributed by atoms with Crippen LogP contribution in [0.2, 0.25) is 0 Å². The molecule has 1 heteroatoms. The summed E-state index contributed by atoms with van der Waals surface area (Å²) in [7, 11) is 0. The fourth-order valence-electron chi connectivity index (χ4n) is 9.94. The first-order chi connectivity index (χ1) is 30.5. The fourth-order valence-corrected chi connectivity index (χ4v) is 9.94. The van der Waals surface area contributed by atoms with E-state index in [1.807, 2.05) is 0 Å². The van der Waals surface area contributed by atoms with Crippen LogP contribution >= 0.6 is 0 Å². The average molecular weight is 792 g/mol. The molecule has 0 saturated heterocycles. The Labute approximate surface area is 364 Å². The first kappa shape index (κ1) is 37.3. The van der Waals surface area contributed by atoms with Gasteiger partial charge in [0.25, 0.3) is 0 Å². The average Bonchev–Trinajstić information content (AvgIpc) is 3.57. The Balaban J connectivity index is 1.20. The van der Waals surface area contributed by atoms with Gasteiger partial charge in [-0.05, 0) is 108 Å². The monoisotopic (exact) mass is 791 g/mol. The molecule has 0 radical (unpaired) electrons. The number of fused-ring (bicyclic) bond motifs is 4. The van der Waals surface area contributed by atoms with Crippen LogP contribution in [-0.4, -0.2) is 0 Å². The second-order valence-electron chi connectivity index (χ2n) is 16.8. The summed E-state index contributed by atoms with van der Waals surface area (Å²) in [5, 5.41) is 2.47. The number of nitrogens with zero attached hydrogens (tertiary/aromatic N) is 1. The quantitative estimate of drug-likeness (QED) is 0.148. The van der Waals surface area contributed by atoms with Crippen LogP contribution < -0.4 is 4.90 Å². The van der Waals surface area contributed by atoms with Crippen molar-refractivity contribution in [3.05, 3.63) is 248 Å². The molecule has 1 nitrogen and oxygen atoms in total. The number of hydrogen-bond donors (Lipinski definition) is 0. The van der Waals surface area contributed by atoms with Gasteiger partial charge in [0.2, 0.25) is 0 Å². The normalized spacial score (nSPS) is 12.5. The van der Waals surface area contributed by atoms with Crippen molar-refractivity contribution in [1.29, 1.82) is 0 Å². The van der Waals surface area contributed by atoms with Gasteiger partial charge < -0.3 is 4.90 Å². The first-order valence-electron chi connectivity index (χ1n) is 21.6. The van der Waals surface area contributed by atoms with E-state index < -0.39 is 0 Å². The maximum absolute atomic E-state index is 2.51. The third-order valence-corrected chi connectivity index (χ3v) is 12.9. The van der Waals surface area contributed by atoms with Crippen molar-refractivity contribution < 1.29 is 0 Å². The summed E-state index contributed by atoms with van der Waals surface area (Å²) in [6.07, 6.45) is 0. The lowest BCUT2D eigenvalue weighted by Crippen LogP contribution is -2.15. The molecule has 0 fully saturated rings. The van der Waals surface area contributed by atoms with Gasteiger partial charge in [-0.15, -0.1) is 0 Å². The van der Waals surface area contributed by atoms with Crippen molar-refractivity contribution in [2.24, 2.45) is 0 Å². The van der Waals surface area contributed by atoms with E-state index in [9.17, 15) is 0 Å². The van der Waals surface area contributed by atoms with Gasteiger partial charge in [0, 0.05) is 22.2 Å². The van der Waals surface area contributed by atoms with Crippen LogP contribution in [0.15, 0.2) is 237 Å². The molecular weight excluding hydrogens is 747 g/mol. The lowest BCUT2D eigenvalue weighted by Gasteiger charge is -2.32. The molecular formula is C61H45N. The Morgan fingerprint density at radius 3 is 1.63 bits per heavy atom. The van der Waals surface area contributed by atoms with Crippen LogP contribution in [0.4, 0.5) is 17.1 Å². The molecule has 0 unspecified atom stereocenters. The van der Waals surface area contributed by atoms with Gasteiger partial charge in [-0.25, -0.2) is 0 Å². The van der Waals surface area contributed by atoms with Gasteiger partial charge in [0.05, 0.1) is 11.4 Å². The van der Waals surface area contributed by atoms with E-state index in [-0.39, 0.29) is 5.41 Å². The van der Waals surface area contributed by atoms with Crippen LogP contribution in [0.1, 0.15) is 25.0 Å². The van der Waals surface area contributed by atoms with Gasteiger partial charge in [-0.3, -0.25) is 0 Å². The summed E-state index contributed by atoms with van der Waals surface area (Å²) in [5.74, 6) is 0. The molecule has 0 heterocycles. The van der Waals surface area contributed by atoms with Gasteiger partial charge in [-0.2, -0.15) is 0 Å². The predicted molar refractivity (Wildman–Crippen MR) is 263 cm³/mol. The Kier molecular flexibility index (Phi) is 9.24. The molecule has 10 aromatic rings. The maximum Gasteiger partial charge on any atom is 0.0546 e. The zero-order chi connectivity index (χ0) is 41.6. The van der Waals surface area contributed by atoms with E-state index in [1.165, 1.54) is 88.7 Å². The molecule has 0 aromatic heterocycles. The van der Waals surface area contributed by atoms with Crippen LogP contribution in [-0.2, 0) is 5.41 Å². The van der Waals surface area contributed by atoms with Crippen molar-refractivity contribution in [3.63, 3.8) is 0 Å². The molecule has 62 heavy (non-hydrogen) atoms. The molecule has 1 aliphatic rings. The minimum atomic E-state index is -0.0724. The highest BCUT2D eigenvalue weighted by molar-refractivity contribution is 6.04. The molecule has 10 aromatic carbocycles. The number of hydrogen-bond acceptors (Lipinski definition) is 1. The van der Waals surface area contributed by atoms with Gasteiger partial charge in [-0.1, -0.05) is 220 Å². The summed E-state index contributed by atoms with van der Waals surface area (Å²) in [6, 6.07) is 86.8. The van der Waals surface area contributed by atoms with E-state index in [4.69, 9.17) is 0 Å². The van der Waals surface area contributed by atoms with E-state index in [1.54, 1.807) is 0 Å². The number of anilines is 3. The third-order valence-electron chi connectivity index (χ3n) is 12.9. The summed E-state index contributed by atoms with van der Waals surface area (Å²) in [4.78, 5) is 2.51. The van der Waals surface area contributed by atoms with Crippen molar-refractivity contribution in [1.82, 2.24) is 0 Å². The van der Waals surface area contributed by atoms with E-state index in [0.717, 1.165) is 17.1 Å². The predicted octanol–water partition coefficient (Wildman–Crippen LogP) is 17.0. The topological polar surface area (TPSA) is 3.24 Å². The highest BCUT2D eigenvalue weighted by atomic mass is 15.1. The van der Waals surface area contributed by atoms with Crippen LogP contribution in [0.25, 0.3) is 77.5 Å². The van der Waals surface area contributed by atoms with Crippen LogP contribution in [0.5, 0.6) is 0 Å². The Hall–Kier alpha value is -7.74. The fraction of sp³-hybridized carbons (Fsp3) is 0.0492. The molecule has 0 aliphatic heterocycles. The zero-order valence-corrected chi connectivity index (χ0v) is 35.0. The minimum Gasteiger partial charge on any atom is -0.309 e. The molecule has 0 bridgehead atoms. The molecule has 294 valence electrons. The molecule has 0 amide bonds. The second-order valence-corrected chi connectivity index (χ2v) is 16.8. The third kappa shape index (κ3) is 6.33. The highest BCUT2D eigenvalue weighted by Gasteiger charge is 2.35. The minimum absolute atomic E-state index is 0.0724. The first-order valence-corrected chi connectivity index (χ1v) is 21.6. The van der Waals surface area contributed by atoms with E-state index in [2.05, 4.69) is 255 Å². The summed E-state index contributed by atoms with van der Waals surface area (Å²) in [5.41, 5.74) is 20.4. The highest BCUT2D eigenvalue weighted by Crippen LogP contribution is 2.53. The number of rotatable bonds is 8. The standard InChI is InChI=1S/C61H45N/c1-61(2)56-35-15-13-31-53(56)55-41-46(38-39-57(55)61)51-30-14-16-36-58(51)62(47-27-17-26-45(40-47)50-33-18-25-43-24-9-10-28-48(43)50)59-37-19-34-52(44-22-7-4-8-23-44)60(59)54-32-12-11-29-49(54)42-20-5-3-6-21-42/h3-41H,1-2H3. The summed E-state index contributed by atoms with van der Waals surface area (Å²) < 4.78 is 0. The van der Waals surface area contributed by atoms with Crippen LogP contribution in [0, 0.1) is 0 Å². The van der Waals surface area contributed by atoms with E-state index in [0.29, 0.717) is 0 Å². The van der Waals surface area contributed by atoms with Crippen molar-refractivity contribution in [2.75, 3.05) is 4.90 Å². The molecule has 0 N–H and O–H groups in total. The smallest absolute Gasteiger partial charge is 0.0546 e. The number of para-hydroxylation sites is 1. The zero-order valence-electron chi connectivity index (χ0n) is 35.0. The van der Waals surface area contributed by atoms with Crippen molar-refractivity contribution in [3.8, 4) is 66.8 Å². The van der Waals surface area contributed by atoms with E-state index >= 15 is 0 Å². The van der Waals surface area contributed by atoms with Crippen molar-refractivity contribution >= 4 is 27.8 Å². The Morgan fingerprint density at radius 1 is 0.306 bits per heavy atom. The van der Waals surface area contributed by atoms with Crippen molar-refractivity contribution in [2.45, 2.75) is 19.3 Å². The lowest BCUT2D eigenvalue weighted by molar-refractivity contribution is 0.660. The molecule has 0 spiro atoms. The van der Waals surface area contributed by atoms with Crippen LogP contribution in [0.3, 0.4) is 0 Å². The van der Waals surface area contributed by atoms with Gasteiger partial charge in [0.15, 0.2) is 0 Å². The SMILES string of the molecule is CC1(C)c2ccccc2-c2cc(-c3ccccc3N(c3cccc(-c4cccc5ccccc45)c3)c3cccc(-c4ccccc4)c3-c3ccccc3-c3ccccc3)ccc21. The largest absolute Gasteiger partial charge is 0.309 e. The molecule has 1 aliphatic carbocycles.